The lowest BCUT2D eigenvalue weighted by Gasteiger charge is -1.90. The van der Waals surface area contributed by atoms with Gasteiger partial charge in [-0.25, -0.2) is 0 Å². The van der Waals surface area contributed by atoms with Crippen LogP contribution in [0.2, 0.25) is 0 Å². The Hall–Kier alpha value is -0.730. The summed E-state index contributed by atoms with van der Waals surface area (Å²) in [5, 5.41) is 3.35. The van der Waals surface area contributed by atoms with E-state index in [1.165, 1.54) is 10.1 Å². The van der Waals surface area contributed by atoms with Crippen molar-refractivity contribution >= 4 is 39.5 Å². The molecule has 0 radical (unpaired) electrons. The number of anilines is 1. The van der Waals surface area contributed by atoms with Gasteiger partial charge in [-0.3, -0.25) is 0 Å². The fraction of sp³-hybridized carbons (Fsp3) is 0. The Kier molecular flexibility index (Phi) is 2.37. The Morgan fingerprint density at radius 2 is 2.00 bits per heavy atom. The zero-order valence-electron chi connectivity index (χ0n) is 5.78. The minimum absolute atomic E-state index is 0. The number of benzene rings is 1. The molecule has 0 aliphatic rings. The largest absolute Gasteiger partial charge is 0.399 e. The number of hydrogen-bond donors (Lipinski definition) is 1. The predicted molar refractivity (Wildman–Crippen MR) is 53.5 cm³/mol. The molecule has 1 heterocycles. The van der Waals surface area contributed by atoms with Crippen molar-refractivity contribution in [1.82, 2.24) is 0 Å². The zero-order chi connectivity index (χ0) is 6.97. The molecule has 0 saturated carbocycles. The van der Waals surface area contributed by atoms with Crippen molar-refractivity contribution in [2.75, 3.05) is 5.73 Å². The van der Waals surface area contributed by atoms with E-state index in [-0.39, 0.29) is 12.4 Å². The summed E-state index contributed by atoms with van der Waals surface area (Å²) >= 11 is 1.72. The summed E-state index contributed by atoms with van der Waals surface area (Å²) in [6.07, 6.45) is 0. The Morgan fingerprint density at radius 3 is 2.82 bits per heavy atom. The Labute approximate surface area is 75.2 Å². The average Bonchev–Trinajstić information content (AvgIpc) is 2.33. The molecule has 1 aromatic carbocycles. The number of fused-ring (bicyclic) bond motifs is 1. The van der Waals surface area contributed by atoms with Gasteiger partial charge in [-0.1, -0.05) is 6.07 Å². The average molecular weight is 186 g/mol. The Balaban J connectivity index is 0.000000605. The lowest BCUT2D eigenvalue weighted by molar-refractivity contribution is 1.79. The third-order valence-electron chi connectivity index (χ3n) is 1.48. The first-order chi connectivity index (χ1) is 4.86. The van der Waals surface area contributed by atoms with Crippen LogP contribution in [0.4, 0.5) is 5.69 Å². The van der Waals surface area contributed by atoms with Crippen molar-refractivity contribution in [3.05, 3.63) is 29.6 Å². The van der Waals surface area contributed by atoms with Crippen LogP contribution in [0.1, 0.15) is 0 Å². The van der Waals surface area contributed by atoms with Gasteiger partial charge in [0.15, 0.2) is 0 Å². The molecular weight excluding hydrogens is 178 g/mol. The number of nitrogens with two attached hydrogens (primary N) is 1. The smallest absolute Gasteiger partial charge is 0.0363 e. The molecular formula is C8H8ClNS. The number of thiophene rings is 1. The Morgan fingerprint density at radius 1 is 1.18 bits per heavy atom. The fourth-order valence-corrected chi connectivity index (χ4v) is 1.81. The minimum atomic E-state index is 0. The van der Waals surface area contributed by atoms with Gasteiger partial charge >= 0.3 is 0 Å². The van der Waals surface area contributed by atoms with Gasteiger partial charge in [0.25, 0.3) is 0 Å². The molecule has 0 spiro atoms. The highest BCUT2D eigenvalue weighted by molar-refractivity contribution is 7.17. The monoisotopic (exact) mass is 185 g/mol. The van der Waals surface area contributed by atoms with E-state index in [4.69, 9.17) is 5.73 Å². The second-order valence-corrected chi connectivity index (χ2v) is 3.17. The molecule has 0 fully saturated rings. The minimum Gasteiger partial charge on any atom is -0.399 e. The van der Waals surface area contributed by atoms with Gasteiger partial charge in [0.1, 0.15) is 0 Å². The van der Waals surface area contributed by atoms with Crippen LogP contribution in [0.5, 0.6) is 0 Å². The van der Waals surface area contributed by atoms with Crippen molar-refractivity contribution in [1.29, 1.82) is 0 Å². The number of rotatable bonds is 0. The van der Waals surface area contributed by atoms with Crippen LogP contribution >= 0.6 is 23.7 Å². The summed E-state index contributed by atoms with van der Waals surface area (Å²) < 4.78 is 1.26. The van der Waals surface area contributed by atoms with Crippen LogP contribution in [0.25, 0.3) is 10.1 Å². The first kappa shape index (κ1) is 8.37. The molecule has 0 aliphatic carbocycles. The molecule has 0 atom stereocenters. The summed E-state index contributed by atoms with van der Waals surface area (Å²) in [5.74, 6) is 0. The molecule has 0 aliphatic heterocycles. The standard InChI is InChI=1S/C8H7NS.ClH/c9-7-2-1-6-3-4-10-8(6)5-7;/h1-5H,9H2;1H. The highest BCUT2D eigenvalue weighted by Crippen LogP contribution is 2.22. The molecule has 0 saturated heterocycles. The van der Waals surface area contributed by atoms with Gasteiger partial charge in [-0.05, 0) is 29.0 Å². The van der Waals surface area contributed by atoms with Gasteiger partial charge < -0.3 is 5.73 Å². The van der Waals surface area contributed by atoms with E-state index in [2.05, 4.69) is 11.4 Å². The topological polar surface area (TPSA) is 26.0 Å². The van der Waals surface area contributed by atoms with E-state index >= 15 is 0 Å². The van der Waals surface area contributed by atoms with Gasteiger partial charge in [-0.2, -0.15) is 0 Å². The predicted octanol–water partition coefficient (Wildman–Crippen LogP) is 2.91. The van der Waals surface area contributed by atoms with Crippen LogP contribution in [0.15, 0.2) is 29.6 Å². The number of hydrogen-bond acceptors (Lipinski definition) is 2. The molecule has 0 bridgehead atoms. The summed E-state index contributed by atoms with van der Waals surface area (Å²) in [6.45, 7) is 0. The molecule has 58 valence electrons. The summed E-state index contributed by atoms with van der Waals surface area (Å²) in [4.78, 5) is 0. The van der Waals surface area contributed by atoms with Gasteiger partial charge in [-0.15, -0.1) is 23.7 Å². The molecule has 1 nitrogen and oxygen atoms in total. The fourth-order valence-electron chi connectivity index (χ4n) is 0.971. The lowest BCUT2D eigenvalue weighted by atomic mass is 10.2. The highest BCUT2D eigenvalue weighted by Gasteiger charge is 1.92. The normalized spacial score (nSPS) is 9.45. The van der Waals surface area contributed by atoms with Crippen LogP contribution in [0, 0.1) is 0 Å². The quantitative estimate of drug-likeness (QED) is 0.628. The van der Waals surface area contributed by atoms with Crippen LogP contribution in [0.3, 0.4) is 0 Å². The molecule has 11 heavy (non-hydrogen) atoms. The lowest BCUT2D eigenvalue weighted by Crippen LogP contribution is -1.80. The molecule has 2 rings (SSSR count). The summed E-state index contributed by atoms with van der Waals surface area (Å²) in [6, 6.07) is 8.07. The molecule has 2 N–H and O–H groups in total. The molecule has 0 amide bonds. The van der Waals surface area contributed by atoms with E-state index in [1.807, 2.05) is 18.2 Å². The second-order valence-electron chi connectivity index (χ2n) is 2.22. The van der Waals surface area contributed by atoms with Crippen LogP contribution < -0.4 is 5.73 Å². The van der Waals surface area contributed by atoms with Crippen molar-refractivity contribution in [2.24, 2.45) is 0 Å². The second kappa shape index (κ2) is 3.11. The first-order valence-electron chi connectivity index (χ1n) is 3.09. The first-order valence-corrected chi connectivity index (χ1v) is 3.97. The number of halogens is 1. The van der Waals surface area contributed by atoms with Crippen molar-refractivity contribution in [2.45, 2.75) is 0 Å². The van der Waals surface area contributed by atoms with E-state index < -0.39 is 0 Å². The molecule has 1 aromatic heterocycles. The van der Waals surface area contributed by atoms with E-state index in [0.717, 1.165) is 5.69 Å². The maximum Gasteiger partial charge on any atom is 0.0363 e. The van der Waals surface area contributed by atoms with Gasteiger partial charge in [0, 0.05) is 10.4 Å². The summed E-state index contributed by atoms with van der Waals surface area (Å²) in [7, 11) is 0. The maximum atomic E-state index is 5.59. The maximum absolute atomic E-state index is 5.59. The van der Waals surface area contributed by atoms with Gasteiger partial charge in [0.05, 0.1) is 0 Å². The summed E-state index contributed by atoms with van der Waals surface area (Å²) in [5.41, 5.74) is 6.43. The molecule has 3 heteroatoms. The molecule has 0 unspecified atom stereocenters. The van der Waals surface area contributed by atoms with Crippen LogP contribution in [-0.4, -0.2) is 0 Å². The number of nitrogen functional groups attached to an aromatic ring is 1. The van der Waals surface area contributed by atoms with Crippen LogP contribution in [-0.2, 0) is 0 Å². The van der Waals surface area contributed by atoms with E-state index in [0.29, 0.717) is 0 Å². The highest BCUT2D eigenvalue weighted by atomic mass is 35.5. The SMILES string of the molecule is Cl.Nc1ccc2ccsc2c1. The van der Waals surface area contributed by atoms with E-state index in [9.17, 15) is 0 Å². The van der Waals surface area contributed by atoms with E-state index in [1.54, 1.807) is 11.3 Å². The Bertz CT molecular complexity index is 356. The van der Waals surface area contributed by atoms with Crippen molar-refractivity contribution in [3.63, 3.8) is 0 Å². The third kappa shape index (κ3) is 1.47. The van der Waals surface area contributed by atoms with Gasteiger partial charge in [0.2, 0.25) is 0 Å². The van der Waals surface area contributed by atoms with Crippen molar-refractivity contribution < 1.29 is 0 Å². The molecule has 2 aromatic rings. The zero-order valence-corrected chi connectivity index (χ0v) is 7.41. The third-order valence-corrected chi connectivity index (χ3v) is 2.36. The van der Waals surface area contributed by atoms with Crippen molar-refractivity contribution in [3.8, 4) is 0 Å².